The lowest BCUT2D eigenvalue weighted by molar-refractivity contribution is 0.126. The van der Waals surface area contributed by atoms with Gasteiger partial charge in [0.1, 0.15) is 0 Å². The molecule has 2 aliphatic carbocycles. The first-order valence-electron chi connectivity index (χ1n) is 6.75. The minimum atomic E-state index is -0.0792. The summed E-state index contributed by atoms with van der Waals surface area (Å²) in [5.41, 5.74) is 0. The van der Waals surface area contributed by atoms with Crippen LogP contribution in [0.3, 0.4) is 0 Å². The van der Waals surface area contributed by atoms with Crippen LogP contribution in [-0.4, -0.2) is 23.3 Å². The highest BCUT2D eigenvalue weighted by atomic mass is 16.3. The van der Waals surface area contributed by atoms with Gasteiger partial charge in [0.2, 0.25) is 0 Å². The highest BCUT2D eigenvalue weighted by molar-refractivity contribution is 4.89. The zero-order chi connectivity index (χ0) is 10.7. The summed E-state index contributed by atoms with van der Waals surface area (Å²) in [7, 11) is 0. The van der Waals surface area contributed by atoms with Crippen LogP contribution in [0.5, 0.6) is 0 Å². The number of hydrogen-bond acceptors (Lipinski definition) is 2. The molecule has 0 aromatic carbocycles. The van der Waals surface area contributed by atoms with Crippen molar-refractivity contribution >= 4 is 0 Å². The maximum atomic E-state index is 9.82. The molecule has 88 valence electrons. The van der Waals surface area contributed by atoms with Gasteiger partial charge in [-0.05, 0) is 38.0 Å². The van der Waals surface area contributed by atoms with Gasteiger partial charge in [0, 0.05) is 12.1 Å². The second-order valence-electron chi connectivity index (χ2n) is 5.33. The number of hydrogen-bond donors (Lipinski definition) is 2. The largest absolute Gasteiger partial charge is 0.392 e. The van der Waals surface area contributed by atoms with E-state index >= 15 is 0 Å². The van der Waals surface area contributed by atoms with Crippen molar-refractivity contribution in [2.45, 2.75) is 76.5 Å². The molecule has 2 nitrogen and oxygen atoms in total. The van der Waals surface area contributed by atoms with Crippen molar-refractivity contribution in [3.05, 3.63) is 0 Å². The Kier molecular flexibility index (Phi) is 4.04. The Balaban J connectivity index is 1.85. The molecule has 2 N–H and O–H groups in total. The summed E-state index contributed by atoms with van der Waals surface area (Å²) in [5.74, 6) is 0.853. The molecule has 2 aliphatic rings. The van der Waals surface area contributed by atoms with Gasteiger partial charge in [-0.3, -0.25) is 0 Å². The SMILES string of the molecule is CCC1CCCCC1NC1CCCC1O. The van der Waals surface area contributed by atoms with Crippen molar-refractivity contribution in [1.82, 2.24) is 5.32 Å². The molecule has 0 amide bonds. The Morgan fingerprint density at radius 3 is 2.40 bits per heavy atom. The number of aliphatic hydroxyl groups is 1. The Hall–Kier alpha value is -0.0800. The minimum absolute atomic E-state index is 0.0792. The Morgan fingerprint density at radius 1 is 1.00 bits per heavy atom. The van der Waals surface area contributed by atoms with Crippen LogP contribution in [0.2, 0.25) is 0 Å². The Labute approximate surface area is 93.5 Å². The summed E-state index contributed by atoms with van der Waals surface area (Å²) < 4.78 is 0. The summed E-state index contributed by atoms with van der Waals surface area (Å²) in [6.45, 7) is 2.30. The van der Waals surface area contributed by atoms with Crippen LogP contribution in [0.4, 0.5) is 0 Å². The normalized spacial score (nSPS) is 42.0. The molecule has 0 saturated heterocycles. The molecule has 2 rings (SSSR count). The lowest BCUT2D eigenvalue weighted by Gasteiger charge is -2.34. The van der Waals surface area contributed by atoms with Crippen molar-refractivity contribution in [2.75, 3.05) is 0 Å². The van der Waals surface area contributed by atoms with E-state index in [-0.39, 0.29) is 6.10 Å². The fourth-order valence-corrected chi connectivity index (χ4v) is 3.33. The van der Waals surface area contributed by atoms with Crippen molar-refractivity contribution in [1.29, 1.82) is 0 Å². The zero-order valence-electron chi connectivity index (χ0n) is 9.91. The van der Waals surface area contributed by atoms with Gasteiger partial charge in [-0.1, -0.05) is 26.2 Å². The second kappa shape index (κ2) is 5.31. The predicted octanol–water partition coefficient (Wildman–Crippen LogP) is 2.46. The maximum Gasteiger partial charge on any atom is 0.0693 e. The van der Waals surface area contributed by atoms with Crippen LogP contribution >= 0.6 is 0 Å². The number of nitrogens with one attached hydrogen (secondary N) is 1. The molecule has 0 radical (unpaired) electrons. The van der Waals surface area contributed by atoms with Crippen molar-refractivity contribution in [3.8, 4) is 0 Å². The van der Waals surface area contributed by atoms with E-state index in [9.17, 15) is 5.11 Å². The molecule has 0 aromatic heterocycles. The first-order chi connectivity index (χ1) is 7.31. The van der Waals surface area contributed by atoms with E-state index in [0.717, 1.165) is 12.3 Å². The molecule has 2 saturated carbocycles. The summed E-state index contributed by atoms with van der Waals surface area (Å²) in [6.07, 6.45) is 10.1. The van der Waals surface area contributed by atoms with Gasteiger partial charge in [-0.15, -0.1) is 0 Å². The van der Waals surface area contributed by atoms with Crippen LogP contribution in [0.15, 0.2) is 0 Å². The Bertz CT molecular complexity index is 195. The van der Waals surface area contributed by atoms with Gasteiger partial charge in [-0.2, -0.15) is 0 Å². The van der Waals surface area contributed by atoms with Crippen LogP contribution in [0, 0.1) is 5.92 Å². The third kappa shape index (κ3) is 2.73. The maximum absolute atomic E-state index is 9.82. The van der Waals surface area contributed by atoms with Gasteiger partial charge in [0.15, 0.2) is 0 Å². The zero-order valence-corrected chi connectivity index (χ0v) is 9.91. The Morgan fingerprint density at radius 2 is 1.73 bits per heavy atom. The van der Waals surface area contributed by atoms with Crippen molar-refractivity contribution in [3.63, 3.8) is 0 Å². The summed E-state index contributed by atoms with van der Waals surface area (Å²) in [6, 6.07) is 1.07. The number of rotatable bonds is 3. The first-order valence-corrected chi connectivity index (χ1v) is 6.75. The van der Waals surface area contributed by atoms with Crippen LogP contribution < -0.4 is 5.32 Å². The molecule has 4 unspecified atom stereocenters. The third-order valence-corrected chi connectivity index (χ3v) is 4.34. The first kappa shape index (κ1) is 11.4. The molecule has 0 aliphatic heterocycles. The fraction of sp³-hybridized carbons (Fsp3) is 1.00. The van der Waals surface area contributed by atoms with Crippen LogP contribution in [0.1, 0.15) is 58.3 Å². The van der Waals surface area contributed by atoms with Gasteiger partial charge in [-0.25, -0.2) is 0 Å². The molecule has 4 atom stereocenters. The van der Waals surface area contributed by atoms with Gasteiger partial charge < -0.3 is 10.4 Å². The lowest BCUT2D eigenvalue weighted by atomic mass is 9.82. The second-order valence-corrected chi connectivity index (χ2v) is 5.33. The molecule has 0 heterocycles. The van der Waals surface area contributed by atoms with Gasteiger partial charge >= 0.3 is 0 Å². The smallest absolute Gasteiger partial charge is 0.0693 e. The highest BCUT2D eigenvalue weighted by Crippen LogP contribution is 2.29. The van der Waals surface area contributed by atoms with Crippen LogP contribution in [-0.2, 0) is 0 Å². The molecule has 15 heavy (non-hydrogen) atoms. The molecule has 2 fully saturated rings. The van der Waals surface area contributed by atoms with E-state index in [1.165, 1.54) is 44.9 Å². The van der Waals surface area contributed by atoms with Crippen molar-refractivity contribution < 1.29 is 5.11 Å². The molecule has 0 aromatic rings. The average Bonchev–Trinajstić information content (AvgIpc) is 2.65. The van der Waals surface area contributed by atoms with E-state index in [1.54, 1.807) is 0 Å². The predicted molar refractivity (Wildman–Crippen MR) is 62.8 cm³/mol. The van der Waals surface area contributed by atoms with Crippen LogP contribution in [0.25, 0.3) is 0 Å². The van der Waals surface area contributed by atoms with E-state index in [1.807, 2.05) is 0 Å². The molecule has 0 spiro atoms. The van der Waals surface area contributed by atoms with E-state index in [0.29, 0.717) is 12.1 Å². The molecular formula is C13H25NO. The summed E-state index contributed by atoms with van der Waals surface area (Å²) in [4.78, 5) is 0. The number of aliphatic hydroxyl groups excluding tert-OH is 1. The molecule has 2 heteroatoms. The molecule has 0 bridgehead atoms. The van der Waals surface area contributed by atoms with Gasteiger partial charge in [0.05, 0.1) is 6.10 Å². The van der Waals surface area contributed by atoms with Gasteiger partial charge in [0.25, 0.3) is 0 Å². The fourth-order valence-electron chi connectivity index (χ4n) is 3.33. The van der Waals surface area contributed by atoms with E-state index in [4.69, 9.17) is 0 Å². The third-order valence-electron chi connectivity index (χ3n) is 4.34. The summed E-state index contributed by atoms with van der Waals surface area (Å²) in [5, 5.41) is 13.5. The monoisotopic (exact) mass is 211 g/mol. The molecular weight excluding hydrogens is 186 g/mol. The quantitative estimate of drug-likeness (QED) is 0.751. The highest BCUT2D eigenvalue weighted by Gasteiger charge is 2.30. The standard InChI is InChI=1S/C13H25NO/c1-2-10-6-3-4-7-11(10)14-12-8-5-9-13(12)15/h10-15H,2-9H2,1H3. The minimum Gasteiger partial charge on any atom is -0.392 e. The lowest BCUT2D eigenvalue weighted by Crippen LogP contribution is -2.47. The van der Waals surface area contributed by atoms with E-state index in [2.05, 4.69) is 12.2 Å². The van der Waals surface area contributed by atoms with E-state index < -0.39 is 0 Å². The summed E-state index contributed by atoms with van der Waals surface area (Å²) >= 11 is 0. The average molecular weight is 211 g/mol. The topological polar surface area (TPSA) is 32.3 Å². The van der Waals surface area contributed by atoms with Crippen molar-refractivity contribution in [2.24, 2.45) is 5.92 Å².